The number of aromatic nitrogens is 2. The number of benzene rings is 2. The molecule has 0 spiro atoms. The largest absolute Gasteiger partial charge is 0.395 e. The highest BCUT2D eigenvalue weighted by molar-refractivity contribution is 5.98. The number of carbonyl (C=O) groups excluding carboxylic acids is 1. The quantitative estimate of drug-likeness (QED) is 0.461. The lowest BCUT2D eigenvalue weighted by Crippen LogP contribution is -2.47. The third-order valence-corrected chi connectivity index (χ3v) is 7.67. The average Bonchev–Trinajstić information content (AvgIpc) is 3.30. The summed E-state index contributed by atoms with van der Waals surface area (Å²) in [6.07, 6.45) is 1.62. The van der Waals surface area contributed by atoms with Crippen molar-refractivity contribution in [2.24, 2.45) is 0 Å². The molecule has 1 atom stereocenters. The SMILES string of the molecule is Cc1c(Nc2nccc(-c3cc(C#N)c4c(c3)[C@@](C)(CO)CN4)n2)cc(C#N)cc1C(=O)N1CCN(C)CC1. The Kier molecular flexibility index (Phi) is 6.92. The molecule has 198 valence electrons. The minimum Gasteiger partial charge on any atom is -0.395 e. The third kappa shape index (κ3) is 4.88. The van der Waals surface area contributed by atoms with E-state index < -0.39 is 5.41 Å². The van der Waals surface area contributed by atoms with Crippen LogP contribution in [0.15, 0.2) is 36.5 Å². The number of piperazine rings is 1. The van der Waals surface area contributed by atoms with Crippen LogP contribution in [-0.4, -0.2) is 77.2 Å². The van der Waals surface area contributed by atoms with E-state index in [9.17, 15) is 20.4 Å². The number of anilines is 3. The van der Waals surface area contributed by atoms with Gasteiger partial charge in [0.15, 0.2) is 0 Å². The molecule has 39 heavy (non-hydrogen) atoms. The fraction of sp³-hybridized carbons (Fsp3) is 0.345. The molecule has 3 aromatic rings. The minimum atomic E-state index is -0.507. The van der Waals surface area contributed by atoms with Gasteiger partial charge in [-0.25, -0.2) is 9.97 Å². The molecule has 0 bridgehead atoms. The Labute approximate surface area is 227 Å². The average molecular weight is 523 g/mol. The predicted molar refractivity (Wildman–Crippen MR) is 148 cm³/mol. The minimum absolute atomic E-state index is 0.0540. The molecule has 2 aliphatic heterocycles. The molecule has 10 nitrogen and oxygen atoms in total. The molecule has 10 heteroatoms. The van der Waals surface area contributed by atoms with Crippen LogP contribution < -0.4 is 10.6 Å². The number of hydrogen-bond donors (Lipinski definition) is 3. The van der Waals surface area contributed by atoms with Crippen LogP contribution in [0, 0.1) is 29.6 Å². The Morgan fingerprint density at radius 2 is 1.95 bits per heavy atom. The fourth-order valence-electron chi connectivity index (χ4n) is 5.08. The van der Waals surface area contributed by atoms with E-state index in [-0.39, 0.29) is 12.5 Å². The number of aliphatic hydroxyl groups is 1. The van der Waals surface area contributed by atoms with Gasteiger partial charge in [0.1, 0.15) is 6.07 Å². The standard InChI is InChI=1S/C29H30N8O2/c1-18-22(27(39)37-8-6-36(3)7-9-37)10-19(14-30)11-25(18)35-28-32-5-4-24(34-28)20-12-21(15-31)26-23(13-20)29(2,17-38)16-33-26/h4-5,10-13,33,38H,6-9,16-17H2,1-3H3,(H,32,34,35)/t29-/m1/s1. The molecule has 0 saturated carbocycles. The highest BCUT2D eigenvalue weighted by Crippen LogP contribution is 2.41. The van der Waals surface area contributed by atoms with Gasteiger partial charge < -0.3 is 25.5 Å². The molecule has 5 rings (SSSR count). The number of hydrogen-bond acceptors (Lipinski definition) is 9. The Hall–Kier alpha value is -4.51. The first-order chi connectivity index (χ1) is 18.8. The molecule has 2 aliphatic rings. The Balaban J connectivity index is 1.48. The summed E-state index contributed by atoms with van der Waals surface area (Å²) in [5.74, 6) is 0.198. The van der Waals surface area contributed by atoms with Gasteiger partial charge in [-0.05, 0) is 55.4 Å². The number of nitrogens with zero attached hydrogens (tertiary/aromatic N) is 6. The van der Waals surface area contributed by atoms with Crippen LogP contribution in [0.4, 0.5) is 17.3 Å². The van der Waals surface area contributed by atoms with Gasteiger partial charge in [-0.2, -0.15) is 10.5 Å². The van der Waals surface area contributed by atoms with Crippen molar-refractivity contribution in [2.45, 2.75) is 19.3 Å². The zero-order valence-corrected chi connectivity index (χ0v) is 22.2. The van der Waals surface area contributed by atoms with E-state index in [1.807, 2.05) is 31.9 Å². The first kappa shape index (κ1) is 26.1. The maximum atomic E-state index is 13.4. The Morgan fingerprint density at radius 3 is 2.64 bits per heavy atom. The molecule has 3 heterocycles. The summed E-state index contributed by atoms with van der Waals surface area (Å²) in [5, 5.41) is 35.9. The van der Waals surface area contributed by atoms with E-state index in [1.165, 1.54) is 0 Å². The van der Waals surface area contributed by atoms with Crippen molar-refractivity contribution >= 4 is 23.2 Å². The predicted octanol–water partition coefficient (Wildman–Crippen LogP) is 3.00. The second kappa shape index (κ2) is 10.3. The summed E-state index contributed by atoms with van der Waals surface area (Å²) in [6.45, 7) is 7.16. The second-order valence-electron chi connectivity index (χ2n) is 10.4. The lowest BCUT2D eigenvalue weighted by atomic mass is 9.83. The maximum absolute atomic E-state index is 13.4. The monoisotopic (exact) mass is 522 g/mol. The third-order valence-electron chi connectivity index (χ3n) is 7.67. The number of likely N-dealkylation sites (N-methyl/N-ethyl adjacent to an activating group) is 1. The van der Waals surface area contributed by atoms with Crippen molar-refractivity contribution in [1.29, 1.82) is 10.5 Å². The topological polar surface area (TPSA) is 141 Å². The molecule has 0 aliphatic carbocycles. The van der Waals surface area contributed by atoms with E-state index >= 15 is 0 Å². The molecule has 2 aromatic carbocycles. The normalized spacial score (nSPS) is 18.6. The van der Waals surface area contributed by atoms with E-state index in [1.54, 1.807) is 30.5 Å². The molecular weight excluding hydrogens is 492 g/mol. The number of amides is 1. The number of rotatable bonds is 5. The van der Waals surface area contributed by atoms with Crippen LogP contribution in [0.3, 0.4) is 0 Å². The van der Waals surface area contributed by atoms with Crippen LogP contribution in [-0.2, 0) is 5.41 Å². The molecule has 1 aromatic heterocycles. The first-order valence-electron chi connectivity index (χ1n) is 12.8. The maximum Gasteiger partial charge on any atom is 0.254 e. The number of fused-ring (bicyclic) bond motifs is 1. The molecule has 1 fully saturated rings. The van der Waals surface area contributed by atoms with Gasteiger partial charge in [-0.15, -0.1) is 0 Å². The zero-order valence-electron chi connectivity index (χ0n) is 22.2. The van der Waals surface area contributed by atoms with Gasteiger partial charge in [0.05, 0.1) is 35.2 Å². The van der Waals surface area contributed by atoms with E-state index in [0.717, 1.165) is 29.9 Å². The summed E-state index contributed by atoms with van der Waals surface area (Å²) in [7, 11) is 2.03. The Morgan fingerprint density at radius 1 is 1.18 bits per heavy atom. The van der Waals surface area contributed by atoms with Gasteiger partial charge in [0, 0.05) is 61.1 Å². The van der Waals surface area contributed by atoms with E-state index in [2.05, 4.69) is 37.6 Å². The lowest BCUT2D eigenvalue weighted by Gasteiger charge is -2.33. The van der Waals surface area contributed by atoms with Crippen LogP contribution in [0.1, 0.15) is 39.5 Å². The van der Waals surface area contributed by atoms with Crippen molar-refractivity contribution in [3.05, 3.63) is 64.3 Å². The lowest BCUT2D eigenvalue weighted by molar-refractivity contribution is 0.0663. The van der Waals surface area contributed by atoms with Crippen LogP contribution in [0.25, 0.3) is 11.3 Å². The number of aliphatic hydroxyl groups excluding tert-OH is 1. The summed E-state index contributed by atoms with van der Waals surface area (Å²) in [4.78, 5) is 26.4. The van der Waals surface area contributed by atoms with Crippen molar-refractivity contribution in [3.8, 4) is 23.4 Å². The molecule has 0 radical (unpaired) electrons. The summed E-state index contributed by atoms with van der Waals surface area (Å²) in [5.41, 5.74) is 5.05. The van der Waals surface area contributed by atoms with Gasteiger partial charge in [0.25, 0.3) is 5.91 Å². The zero-order chi connectivity index (χ0) is 27.7. The van der Waals surface area contributed by atoms with Crippen molar-refractivity contribution in [1.82, 2.24) is 19.8 Å². The fourth-order valence-corrected chi connectivity index (χ4v) is 5.08. The first-order valence-corrected chi connectivity index (χ1v) is 12.8. The molecule has 1 saturated heterocycles. The molecule has 0 unspecified atom stereocenters. The van der Waals surface area contributed by atoms with Crippen LogP contribution in [0.2, 0.25) is 0 Å². The summed E-state index contributed by atoms with van der Waals surface area (Å²) < 4.78 is 0. The smallest absolute Gasteiger partial charge is 0.254 e. The van der Waals surface area contributed by atoms with Gasteiger partial charge >= 0.3 is 0 Å². The Bertz CT molecular complexity index is 1530. The summed E-state index contributed by atoms with van der Waals surface area (Å²) in [6, 6.07) is 13.2. The van der Waals surface area contributed by atoms with Crippen molar-refractivity contribution < 1.29 is 9.90 Å². The highest BCUT2D eigenvalue weighted by Gasteiger charge is 2.36. The second-order valence-corrected chi connectivity index (χ2v) is 10.4. The van der Waals surface area contributed by atoms with Gasteiger partial charge in [-0.1, -0.05) is 6.92 Å². The number of carbonyl (C=O) groups is 1. The van der Waals surface area contributed by atoms with E-state index in [0.29, 0.717) is 59.2 Å². The summed E-state index contributed by atoms with van der Waals surface area (Å²) >= 11 is 0. The molecule has 1 amide bonds. The van der Waals surface area contributed by atoms with Crippen molar-refractivity contribution in [3.63, 3.8) is 0 Å². The molecular formula is C29H30N8O2. The van der Waals surface area contributed by atoms with E-state index in [4.69, 9.17) is 0 Å². The van der Waals surface area contributed by atoms with Crippen LogP contribution >= 0.6 is 0 Å². The molecule has 3 N–H and O–H groups in total. The van der Waals surface area contributed by atoms with Gasteiger partial charge in [-0.3, -0.25) is 4.79 Å². The number of nitrogens with one attached hydrogen (secondary N) is 2. The van der Waals surface area contributed by atoms with Crippen LogP contribution in [0.5, 0.6) is 0 Å². The van der Waals surface area contributed by atoms with Crippen molar-refractivity contribution in [2.75, 3.05) is 57.0 Å². The number of nitriles is 2. The van der Waals surface area contributed by atoms with Gasteiger partial charge in [0.2, 0.25) is 5.95 Å². The highest BCUT2D eigenvalue weighted by atomic mass is 16.3.